The number of benzene rings is 2. The Kier molecular flexibility index (Phi) is 5.03. The van der Waals surface area contributed by atoms with Crippen molar-refractivity contribution < 1.29 is 9.53 Å². The second kappa shape index (κ2) is 7.63. The maximum atomic E-state index is 13.5. The highest BCUT2D eigenvalue weighted by molar-refractivity contribution is 6.08. The lowest BCUT2D eigenvalue weighted by Gasteiger charge is -2.31. The molecule has 1 aliphatic rings. The van der Waals surface area contributed by atoms with Gasteiger partial charge in [-0.2, -0.15) is 0 Å². The van der Waals surface area contributed by atoms with Crippen LogP contribution in [-0.4, -0.2) is 36.0 Å². The van der Waals surface area contributed by atoms with Crippen molar-refractivity contribution in [3.05, 3.63) is 59.7 Å². The van der Waals surface area contributed by atoms with Crippen LogP contribution >= 0.6 is 0 Å². The van der Waals surface area contributed by atoms with Crippen LogP contribution in [0.5, 0.6) is 5.75 Å². The number of fused-ring (bicyclic) bond motifs is 1. The average molecular weight is 374 g/mol. The summed E-state index contributed by atoms with van der Waals surface area (Å²) in [5, 5.41) is 0.931. The highest BCUT2D eigenvalue weighted by atomic mass is 16.5. The van der Waals surface area contributed by atoms with Crippen molar-refractivity contribution in [3.63, 3.8) is 0 Å². The van der Waals surface area contributed by atoms with E-state index in [0.717, 1.165) is 65.0 Å². The molecule has 144 valence electrons. The van der Waals surface area contributed by atoms with E-state index in [1.165, 1.54) is 0 Å². The molecule has 1 saturated heterocycles. The minimum Gasteiger partial charge on any atom is -0.497 e. The summed E-state index contributed by atoms with van der Waals surface area (Å²) in [6, 6.07) is 15.8. The monoisotopic (exact) mass is 374 g/mol. The van der Waals surface area contributed by atoms with E-state index in [1.807, 2.05) is 60.4 Å². The number of carbonyl (C=O) groups is 1. The zero-order chi connectivity index (χ0) is 19.7. The SMILES string of the molecule is COc1ccc(-c2nc3ccccc3c(C(=O)N3CCC(C)CC3)c2C)cc1. The van der Waals surface area contributed by atoms with E-state index >= 15 is 0 Å². The molecule has 4 rings (SSSR count). The third-order valence-corrected chi connectivity index (χ3v) is 5.78. The lowest BCUT2D eigenvalue weighted by Crippen LogP contribution is -2.38. The minimum atomic E-state index is 0.123. The van der Waals surface area contributed by atoms with Gasteiger partial charge in [0, 0.05) is 24.0 Å². The molecule has 3 aromatic rings. The molecule has 4 nitrogen and oxygen atoms in total. The number of aromatic nitrogens is 1. The molecule has 0 saturated carbocycles. The lowest BCUT2D eigenvalue weighted by molar-refractivity contribution is 0.0698. The number of methoxy groups -OCH3 is 1. The van der Waals surface area contributed by atoms with E-state index in [-0.39, 0.29) is 5.91 Å². The van der Waals surface area contributed by atoms with Crippen molar-refractivity contribution in [2.24, 2.45) is 5.92 Å². The Morgan fingerprint density at radius 3 is 2.43 bits per heavy atom. The number of para-hydroxylation sites is 1. The maximum Gasteiger partial charge on any atom is 0.254 e. The first-order valence-corrected chi connectivity index (χ1v) is 9.91. The molecule has 0 atom stereocenters. The summed E-state index contributed by atoms with van der Waals surface area (Å²) in [6.07, 6.45) is 2.14. The number of carbonyl (C=O) groups excluding carboxylic acids is 1. The fourth-order valence-electron chi connectivity index (χ4n) is 3.98. The molecule has 0 spiro atoms. The van der Waals surface area contributed by atoms with Gasteiger partial charge in [0.1, 0.15) is 5.75 Å². The molecular formula is C24H26N2O2. The zero-order valence-electron chi connectivity index (χ0n) is 16.7. The van der Waals surface area contributed by atoms with E-state index in [4.69, 9.17) is 9.72 Å². The van der Waals surface area contributed by atoms with Gasteiger partial charge >= 0.3 is 0 Å². The number of hydrogen-bond acceptors (Lipinski definition) is 3. The van der Waals surface area contributed by atoms with Crippen molar-refractivity contribution in [2.45, 2.75) is 26.7 Å². The third kappa shape index (κ3) is 3.35. The van der Waals surface area contributed by atoms with Crippen LogP contribution in [0.25, 0.3) is 22.2 Å². The predicted molar refractivity (Wildman–Crippen MR) is 113 cm³/mol. The van der Waals surface area contributed by atoms with Crippen LogP contribution in [0, 0.1) is 12.8 Å². The fourth-order valence-corrected chi connectivity index (χ4v) is 3.98. The number of likely N-dealkylation sites (tertiary alicyclic amines) is 1. The van der Waals surface area contributed by atoms with Crippen LogP contribution in [0.3, 0.4) is 0 Å². The molecule has 28 heavy (non-hydrogen) atoms. The van der Waals surface area contributed by atoms with Crippen molar-refractivity contribution in [1.29, 1.82) is 0 Å². The molecule has 0 bridgehead atoms. The van der Waals surface area contributed by atoms with E-state index < -0.39 is 0 Å². The number of ether oxygens (including phenoxy) is 1. The Morgan fingerprint density at radius 1 is 1.07 bits per heavy atom. The maximum absolute atomic E-state index is 13.5. The highest BCUT2D eigenvalue weighted by Gasteiger charge is 2.26. The van der Waals surface area contributed by atoms with Gasteiger partial charge in [-0.1, -0.05) is 25.1 Å². The first-order chi connectivity index (χ1) is 13.6. The largest absolute Gasteiger partial charge is 0.497 e. The summed E-state index contributed by atoms with van der Waals surface area (Å²) in [7, 11) is 1.66. The smallest absolute Gasteiger partial charge is 0.254 e. The highest BCUT2D eigenvalue weighted by Crippen LogP contribution is 2.32. The molecular weight excluding hydrogens is 348 g/mol. The van der Waals surface area contributed by atoms with Gasteiger partial charge in [0.15, 0.2) is 0 Å². The Bertz CT molecular complexity index is 1000. The van der Waals surface area contributed by atoms with Gasteiger partial charge in [-0.05, 0) is 61.6 Å². The van der Waals surface area contributed by atoms with Crippen LogP contribution < -0.4 is 4.74 Å². The van der Waals surface area contributed by atoms with Crippen LogP contribution in [-0.2, 0) is 0 Å². The molecule has 1 amide bonds. The molecule has 2 heterocycles. The Hall–Kier alpha value is -2.88. The van der Waals surface area contributed by atoms with Gasteiger partial charge in [0.25, 0.3) is 5.91 Å². The Balaban J connectivity index is 1.84. The molecule has 0 unspecified atom stereocenters. The zero-order valence-corrected chi connectivity index (χ0v) is 16.7. The van der Waals surface area contributed by atoms with Gasteiger partial charge in [0.2, 0.25) is 0 Å². The first kappa shape index (κ1) is 18.5. The molecule has 4 heteroatoms. The van der Waals surface area contributed by atoms with E-state index in [2.05, 4.69) is 6.92 Å². The summed E-state index contributed by atoms with van der Waals surface area (Å²) in [6.45, 7) is 5.93. The fraction of sp³-hybridized carbons (Fsp3) is 0.333. The molecule has 1 aliphatic heterocycles. The summed E-state index contributed by atoms with van der Waals surface area (Å²) in [4.78, 5) is 20.4. The number of rotatable bonds is 3. The number of nitrogens with zero attached hydrogens (tertiary/aromatic N) is 2. The topological polar surface area (TPSA) is 42.4 Å². The lowest BCUT2D eigenvalue weighted by atomic mass is 9.94. The van der Waals surface area contributed by atoms with Crippen molar-refractivity contribution >= 4 is 16.8 Å². The van der Waals surface area contributed by atoms with Gasteiger partial charge < -0.3 is 9.64 Å². The van der Waals surface area contributed by atoms with Gasteiger partial charge in [-0.15, -0.1) is 0 Å². The molecule has 0 radical (unpaired) electrons. The van der Waals surface area contributed by atoms with E-state index in [1.54, 1.807) is 7.11 Å². The van der Waals surface area contributed by atoms with Crippen LogP contribution in [0.2, 0.25) is 0 Å². The molecule has 1 aromatic heterocycles. The minimum absolute atomic E-state index is 0.123. The second-order valence-electron chi connectivity index (χ2n) is 7.68. The Morgan fingerprint density at radius 2 is 1.75 bits per heavy atom. The van der Waals surface area contributed by atoms with Crippen molar-refractivity contribution in [1.82, 2.24) is 9.88 Å². The quantitative estimate of drug-likeness (QED) is 0.641. The number of amides is 1. The number of pyridine rings is 1. The van der Waals surface area contributed by atoms with Crippen LogP contribution in [0.1, 0.15) is 35.7 Å². The summed E-state index contributed by atoms with van der Waals surface area (Å²) in [5.74, 6) is 1.62. The normalized spacial score (nSPS) is 15.0. The van der Waals surface area contributed by atoms with Crippen LogP contribution in [0.4, 0.5) is 0 Å². The van der Waals surface area contributed by atoms with Gasteiger partial charge in [-0.3, -0.25) is 4.79 Å². The van der Waals surface area contributed by atoms with Gasteiger partial charge in [-0.25, -0.2) is 4.98 Å². The average Bonchev–Trinajstić information content (AvgIpc) is 2.73. The summed E-state index contributed by atoms with van der Waals surface area (Å²) in [5.41, 5.74) is 4.42. The first-order valence-electron chi connectivity index (χ1n) is 9.91. The van der Waals surface area contributed by atoms with Crippen molar-refractivity contribution in [3.8, 4) is 17.0 Å². The molecule has 0 N–H and O–H groups in total. The van der Waals surface area contributed by atoms with E-state index in [0.29, 0.717) is 5.92 Å². The summed E-state index contributed by atoms with van der Waals surface area (Å²) < 4.78 is 5.27. The number of hydrogen-bond donors (Lipinski definition) is 0. The molecule has 0 aliphatic carbocycles. The summed E-state index contributed by atoms with van der Waals surface area (Å²) >= 11 is 0. The standard InChI is InChI=1S/C24H26N2O2/c1-16-12-14-26(15-13-16)24(27)22-17(2)23(18-8-10-19(28-3)11-9-18)25-21-7-5-4-6-20(21)22/h4-11,16H,12-15H2,1-3H3. The van der Waals surface area contributed by atoms with Crippen LogP contribution in [0.15, 0.2) is 48.5 Å². The second-order valence-corrected chi connectivity index (χ2v) is 7.68. The third-order valence-electron chi connectivity index (χ3n) is 5.78. The molecule has 2 aromatic carbocycles. The van der Waals surface area contributed by atoms with Gasteiger partial charge in [0.05, 0.1) is 23.9 Å². The predicted octanol–water partition coefficient (Wildman–Crippen LogP) is 5.09. The number of piperidine rings is 1. The molecule has 1 fully saturated rings. The Labute approximate surface area is 166 Å². The van der Waals surface area contributed by atoms with E-state index in [9.17, 15) is 4.79 Å². The van der Waals surface area contributed by atoms with Crippen molar-refractivity contribution in [2.75, 3.05) is 20.2 Å².